The van der Waals surface area contributed by atoms with Gasteiger partial charge >= 0.3 is 0 Å². The summed E-state index contributed by atoms with van der Waals surface area (Å²) in [4.78, 5) is 13.3. The Morgan fingerprint density at radius 2 is 1.82 bits per heavy atom. The predicted octanol–water partition coefficient (Wildman–Crippen LogP) is 1.66. The highest BCUT2D eigenvalue weighted by atomic mass is 16.5. The van der Waals surface area contributed by atoms with Crippen molar-refractivity contribution in [3.8, 4) is 5.75 Å². The number of carbonyl (C=O) groups is 1. The minimum atomic E-state index is -0.0180. The number of nitrogens with one attached hydrogen (secondary N) is 2. The molecule has 1 atom stereocenters. The molecule has 1 unspecified atom stereocenters. The highest BCUT2D eigenvalue weighted by Gasteiger charge is 2.13. The minimum absolute atomic E-state index is 0.0180. The van der Waals surface area contributed by atoms with Crippen LogP contribution in [0.4, 0.5) is 5.69 Å². The number of quaternary nitrogens is 1. The van der Waals surface area contributed by atoms with Crippen molar-refractivity contribution in [2.75, 3.05) is 26.0 Å². The SMILES string of the molecule is COc1ccccc1NC(=O)C[NH+](C)Cc1ccccc1C. The van der Waals surface area contributed by atoms with E-state index < -0.39 is 0 Å². The molecule has 2 rings (SSSR count). The molecule has 0 saturated carbocycles. The normalized spacial score (nSPS) is 11.8. The van der Waals surface area contributed by atoms with E-state index in [4.69, 9.17) is 4.74 Å². The summed E-state index contributed by atoms with van der Waals surface area (Å²) >= 11 is 0. The van der Waals surface area contributed by atoms with Crippen molar-refractivity contribution < 1.29 is 14.4 Å². The van der Waals surface area contributed by atoms with Crippen LogP contribution in [0.25, 0.3) is 0 Å². The Morgan fingerprint density at radius 1 is 1.14 bits per heavy atom. The van der Waals surface area contributed by atoms with Crippen LogP contribution < -0.4 is 15.0 Å². The Kier molecular flexibility index (Phi) is 5.55. The van der Waals surface area contributed by atoms with Gasteiger partial charge in [0.1, 0.15) is 12.3 Å². The van der Waals surface area contributed by atoms with Crippen molar-refractivity contribution in [3.63, 3.8) is 0 Å². The van der Waals surface area contributed by atoms with Crippen LogP contribution in [0.15, 0.2) is 48.5 Å². The predicted molar refractivity (Wildman–Crippen MR) is 88.3 cm³/mol. The Balaban J connectivity index is 1.93. The van der Waals surface area contributed by atoms with E-state index in [1.165, 1.54) is 11.1 Å². The molecule has 0 aliphatic rings. The van der Waals surface area contributed by atoms with E-state index in [1.54, 1.807) is 7.11 Å². The van der Waals surface area contributed by atoms with Gasteiger partial charge in [-0.3, -0.25) is 4.79 Å². The molecule has 0 aromatic heterocycles. The fourth-order valence-electron chi connectivity index (χ4n) is 2.41. The molecular formula is C18H23N2O2+. The molecule has 1 amide bonds. The molecule has 2 aromatic carbocycles. The molecule has 0 aliphatic carbocycles. The zero-order chi connectivity index (χ0) is 15.9. The zero-order valence-electron chi connectivity index (χ0n) is 13.3. The molecule has 2 aromatic rings. The molecule has 116 valence electrons. The van der Waals surface area contributed by atoms with Crippen LogP contribution in [0.2, 0.25) is 0 Å². The van der Waals surface area contributed by atoms with Crippen molar-refractivity contribution in [1.82, 2.24) is 0 Å². The molecule has 22 heavy (non-hydrogen) atoms. The summed E-state index contributed by atoms with van der Waals surface area (Å²) in [6.07, 6.45) is 0. The second kappa shape index (κ2) is 7.61. The summed E-state index contributed by atoms with van der Waals surface area (Å²) in [6, 6.07) is 15.7. The summed E-state index contributed by atoms with van der Waals surface area (Å²) in [5.74, 6) is 0.656. The highest BCUT2D eigenvalue weighted by molar-refractivity contribution is 5.92. The summed E-state index contributed by atoms with van der Waals surface area (Å²) < 4.78 is 5.24. The van der Waals surface area contributed by atoms with Gasteiger partial charge < -0.3 is 15.0 Å². The Labute approximate surface area is 131 Å². The number of hydrogen-bond acceptors (Lipinski definition) is 2. The first-order valence-corrected chi connectivity index (χ1v) is 7.39. The molecule has 0 radical (unpaired) electrons. The number of hydrogen-bond donors (Lipinski definition) is 2. The lowest BCUT2D eigenvalue weighted by molar-refractivity contribution is -0.885. The van der Waals surface area contributed by atoms with Gasteiger partial charge in [0.05, 0.1) is 19.8 Å². The number of benzene rings is 2. The second-order valence-electron chi connectivity index (χ2n) is 5.49. The van der Waals surface area contributed by atoms with Crippen LogP contribution >= 0.6 is 0 Å². The van der Waals surface area contributed by atoms with Crippen LogP contribution in [0.1, 0.15) is 11.1 Å². The number of carbonyl (C=O) groups excluding carboxylic acids is 1. The quantitative estimate of drug-likeness (QED) is 0.852. The Hall–Kier alpha value is -2.33. The first kappa shape index (κ1) is 16.0. The molecular weight excluding hydrogens is 276 g/mol. The minimum Gasteiger partial charge on any atom is -0.495 e. The van der Waals surface area contributed by atoms with Gasteiger partial charge in [-0.25, -0.2) is 0 Å². The molecule has 0 heterocycles. The molecule has 2 N–H and O–H groups in total. The van der Waals surface area contributed by atoms with Crippen LogP contribution in [0, 0.1) is 6.92 Å². The van der Waals surface area contributed by atoms with Crippen LogP contribution in [0.3, 0.4) is 0 Å². The van der Waals surface area contributed by atoms with E-state index >= 15 is 0 Å². The number of methoxy groups -OCH3 is 1. The van der Waals surface area contributed by atoms with Crippen molar-refractivity contribution in [2.45, 2.75) is 13.5 Å². The number of ether oxygens (including phenoxy) is 1. The van der Waals surface area contributed by atoms with Gasteiger partial charge in [0.15, 0.2) is 6.54 Å². The van der Waals surface area contributed by atoms with Gasteiger partial charge in [0, 0.05) is 5.56 Å². The molecule has 0 fully saturated rings. The topological polar surface area (TPSA) is 42.8 Å². The second-order valence-corrected chi connectivity index (χ2v) is 5.49. The Bertz CT molecular complexity index is 640. The van der Waals surface area contributed by atoms with Crippen LogP contribution in [0.5, 0.6) is 5.75 Å². The van der Waals surface area contributed by atoms with E-state index in [0.29, 0.717) is 18.0 Å². The number of anilines is 1. The molecule has 0 spiro atoms. The number of aryl methyl sites for hydroxylation is 1. The monoisotopic (exact) mass is 299 g/mol. The summed E-state index contributed by atoms with van der Waals surface area (Å²) in [6.45, 7) is 3.33. The number of rotatable bonds is 6. The van der Waals surface area contributed by atoms with E-state index in [-0.39, 0.29) is 5.91 Å². The maximum atomic E-state index is 12.2. The summed E-state index contributed by atoms with van der Waals surface area (Å²) in [7, 11) is 3.62. The van der Waals surface area contributed by atoms with Gasteiger partial charge in [0.2, 0.25) is 0 Å². The first-order valence-electron chi connectivity index (χ1n) is 7.39. The Morgan fingerprint density at radius 3 is 2.55 bits per heavy atom. The smallest absolute Gasteiger partial charge is 0.279 e. The maximum Gasteiger partial charge on any atom is 0.279 e. The lowest BCUT2D eigenvalue weighted by Gasteiger charge is -2.16. The zero-order valence-corrected chi connectivity index (χ0v) is 13.3. The third-order valence-corrected chi connectivity index (χ3v) is 3.60. The maximum absolute atomic E-state index is 12.2. The van der Waals surface area contributed by atoms with E-state index in [0.717, 1.165) is 11.4 Å². The van der Waals surface area contributed by atoms with Crippen LogP contribution in [-0.4, -0.2) is 26.6 Å². The van der Waals surface area contributed by atoms with Crippen LogP contribution in [-0.2, 0) is 11.3 Å². The van der Waals surface area contributed by atoms with Gasteiger partial charge in [0.25, 0.3) is 5.91 Å². The largest absolute Gasteiger partial charge is 0.495 e. The number of amides is 1. The fourth-order valence-corrected chi connectivity index (χ4v) is 2.41. The van der Waals surface area contributed by atoms with Crippen molar-refractivity contribution in [1.29, 1.82) is 0 Å². The third kappa shape index (κ3) is 4.33. The van der Waals surface area contributed by atoms with Crippen molar-refractivity contribution in [2.24, 2.45) is 0 Å². The number of para-hydroxylation sites is 2. The molecule has 0 saturated heterocycles. The first-order chi connectivity index (χ1) is 10.6. The lowest BCUT2D eigenvalue weighted by Crippen LogP contribution is -3.08. The average Bonchev–Trinajstić information content (AvgIpc) is 2.50. The van der Waals surface area contributed by atoms with E-state index in [9.17, 15) is 4.79 Å². The third-order valence-electron chi connectivity index (χ3n) is 3.60. The standard InChI is InChI=1S/C18H22N2O2/c1-14-8-4-5-9-15(14)12-20(2)13-18(21)19-16-10-6-7-11-17(16)22-3/h4-11H,12-13H2,1-3H3,(H,19,21)/p+1. The van der Waals surface area contributed by atoms with Crippen molar-refractivity contribution in [3.05, 3.63) is 59.7 Å². The molecule has 4 nitrogen and oxygen atoms in total. The highest BCUT2D eigenvalue weighted by Crippen LogP contribution is 2.22. The van der Waals surface area contributed by atoms with E-state index in [2.05, 4.69) is 24.4 Å². The van der Waals surface area contributed by atoms with Gasteiger partial charge in [-0.1, -0.05) is 36.4 Å². The lowest BCUT2D eigenvalue weighted by atomic mass is 10.1. The fraction of sp³-hybridized carbons (Fsp3) is 0.278. The summed E-state index contributed by atoms with van der Waals surface area (Å²) in [5.41, 5.74) is 3.23. The average molecular weight is 299 g/mol. The van der Waals surface area contributed by atoms with Gasteiger partial charge in [-0.2, -0.15) is 0 Å². The molecule has 4 heteroatoms. The number of likely N-dealkylation sites (N-methyl/N-ethyl adjacent to an activating group) is 1. The van der Waals surface area contributed by atoms with Gasteiger partial charge in [-0.05, 0) is 24.6 Å². The van der Waals surface area contributed by atoms with Gasteiger partial charge in [-0.15, -0.1) is 0 Å². The van der Waals surface area contributed by atoms with Crippen molar-refractivity contribution >= 4 is 11.6 Å². The molecule has 0 aliphatic heterocycles. The summed E-state index contributed by atoms with van der Waals surface area (Å²) in [5, 5.41) is 2.91. The molecule has 0 bridgehead atoms. The van der Waals surface area contributed by atoms with E-state index in [1.807, 2.05) is 43.4 Å².